The van der Waals surface area contributed by atoms with Crippen molar-refractivity contribution in [1.29, 1.82) is 0 Å². The van der Waals surface area contributed by atoms with Crippen molar-refractivity contribution in [3.8, 4) is 5.69 Å². The average Bonchev–Trinajstić information content (AvgIpc) is 3.41. The smallest absolute Gasteiger partial charge is 0.137 e. The van der Waals surface area contributed by atoms with Gasteiger partial charge >= 0.3 is 0 Å². The molecular formula is C20H18F2N6O. The minimum Gasteiger partial charge on any atom is -0.382 e. The third-order valence-electron chi connectivity index (χ3n) is 4.97. The summed E-state index contributed by atoms with van der Waals surface area (Å²) in [5.41, 5.74) is -0.503. The molecule has 0 saturated carbocycles. The zero-order valence-corrected chi connectivity index (χ0v) is 15.5. The topological polar surface area (TPSA) is 81.6 Å². The van der Waals surface area contributed by atoms with Gasteiger partial charge in [0.2, 0.25) is 0 Å². The quantitative estimate of drug-likeness (QED) is 0.542. The fourth-order valence-corrected chi connectivity index (χ4v) is 3.31. The predicted octanol–water partition coefficient (Wildman–Crippen LogP) is 2.83. The van der Waals surface area contributed by atoms with Crippen LogP contribution in [0.3, 0.4) is 0 Å². The molecule has 0 aliphatic heterocycles. The number of nitrogens with zero attached hydrogens (tertiary/aromatic N) is 6. The Labute approximate surface area is 165 Å². The van der Waals surface area contributed by atoms with Gasteiger partial charge in [-0.1, -0.05) is 13.0 Å². The molecule has 29 heavy (non-hydrogen) atoms. The third kappa shape index (κ3) is 3.64. The molecule has 0 amide bonds. The lowest BCUT2D eigenvalue weighted by atomic mass is 9.79. The van der Waals surface area contributed by atoms with E-state index in [2.05, 4.69) is 20.2 Å². The van der Waals surface area contributed by atoms with E-state index in [1.165, 1.54) is 23.4 Å². The van der Waals surface area contributed by atoms with Gasteiger partial charge in [0.05, 0.1) is 18.4 Å². The Bertz CT molecular complexity index is 1080. The maximum atomic E-state index is 14.6. The Balaban J connectivity index is 1.74. The van der Waals surface area contributed by atoms with E-state index in [9.17, 15) is 13.9 Å². The first-order chi connectivity index (χ1) is 14.0. The molecule has 148 valence electrons. The van der Waals surface area contributed by atoms with E-state index in [4.69, 9.17) is 0 Å². The van der Waals surface area contributed by atoms with Crippen molar-refractivity contribution in [1.82, 2.24) is 29.5 Å². The van der Waals surface area contributed by atoms with E-state index in [0.29, 0.717) is 5.69 Å². The molecule has 9 heteroatoms. The lowest BCUT2D eigenvalue weighted by molar-refractivity contribution is -0.0123. The first kappa shape index (κ1) is 18.9. The first-order valence-corrected chi connectivity index (χ1v) is 8.93. The molecular weight excluding hydrogens is 378 g/mol. The summed E-state index contributed by atoms with van der Waals surface area (Å²) >= 11 is 0. The van der Waals surface area contributed by atoms with Gasteiger partial charge in [-0.25, -0.2) is 23.1 Å². The SMILES string of the molecule is C[C@H](c1ccc(-n2cccn2)cn1)[C@@](O)(Cn1cncn1)c1ccc(F)cc1F. The van der Waals surface area contributed by atoms with Crippen molar-refractivity contribution < 1.29 is 13.9 Å². The summed E-state index contributed by atoms with van der Waals surface area (Å²) in [5, 5.41) is 19.8. The van der Waals surface area contributed by atoms with Crippen molar-refractivity contribution in [2.75, 3.05) is 0 Å². The Kier molecular flexibility index (Phi) is 4.89. The van der Waals surface area contributed by atoms with Crippen LogP contribution in [-0.2, 0) is 12.1 Å². The second-order valence-corrected chi connectivity index (χ2v) is 6.76. The monoisotopic (exact) mass is 396 g/mol. The summed E-state index contributed by atoms with van der Waals surface area (Å²) in [6, 6.07) is 8.47. The van der Waals surface area contributed by atoms with Crippen LogP contribution in [0.25, 0.3) is 5.69 Å². The van der Waals surface area contributed by atoms with Crippen molar-refractivity contribution in [3.63, 3.8) is 0 Å². The summed E-state index contributed by atoms with van der Waals surface area (Å²) in [7, 11) is 0. The van der Waals surface area contributed by atoms with Gasteiger partial charge in [0.25, 0.3) is 0 Å². The van der Waals surface area contributed by atoms with Gasteiger partial charge in [-0.05, 0) is 24.3 Å². The molecule has 0 spiro atoms. The number of hydrogen-bond acceptors (Lipinski definition) is 5. The zero-order valence-electron chi connectivity index (χ0n) is 15.5. The molecule has 0 fully saturated rings. The third-order valence-corrected chi connectivity index (χ3v) is 4.97. The van der Waals surface area contributed by atoms with Gasteiger partial charge in [-0.2, -0.15) is 10.2 Å². The highest BCUT2D eigenvalue weighted by molar-refractivity contribution is 5.33. The molecule has 0 saturated heterocycles. The summed E-state index contributed by atoms with van der Waals surface area (Å²) < 4.78 is 31.1. The highest BCUT2D eigenvalue weighted by atomic mass is 19.1. The van der Waals surface area contributed by atoms with E-state index in [-0.39, 0.29) is 12.1 Å². The normalized spacial score (nSPS) is 14.5. The molecule has 7 nitrogen and oxygen atoms in total. The van der Waals surface area contributed by atoms with Crippen molar-refractivity contribution in [3.05, 3.63) is 90.5 Å². The molecule has 1 aromatic carbocycles. The standard InChI is InChI=1S/C20H18F2N6O/c1-14(19-6-4-16(10-24-19)28-8-2-7-25-28)20(29,11-27-13-23-12-26-27)17-5-3-15(21)9-18(17)22/h2-10,12-14,29H,11H2,1H3/t14-,20+/m1/s1. The average molecular weight is 396 g/mol. The minimum atomic E-state index is -1.74. The number of benzene rings is 1. The van der Waals surface area contributed by atoms with E-state index >= 15 is 0 Å². The van der Waals surface area contributed by atoms with Crippen LogP contribution >= 0.6 is 0 Å². The minimum absolute atomic E-state index is 0.0418. The molecule has 3 heterocycles. The number of aliphatic hydroxyl groups is 1. The molecule has 2 atom stereocenters. The van der Waals surface area contributed by atoms with Crippen LogP contribution in [-0.4, -0.2) is 34.6 Å². The summed E-state index contributed by atoms with van der Waals surface area (Å²) in [4.78, 5) is 8.31. The second kappa shape index (κ2) is 7.51. The molecule has 0 aliphatic rings. The molecule has 4 aromatic rings. The summed E-state index contributed by atoms with van der Waals surface area (Å²) in [6.07, 6.45) is 7.81. The molecule has 0 radical (unpaired) electrons. The van der Waals surface area contributed by atoms with Crippen LogP contribution in [0.15, 0.2) is 67.6 Å². The lowest BCUT2D eigenvalue weighted by Crippen LogP contribution is -2.38. The van der Waals surface area contributed by atoms with E-state index < -0.39 is 23.2 Å². The van der Waals surface area contributed by atoms with Crippen molar-refractivity contribution >= 4 is 0 Å². The summed E-state index contributed by atoms with van der Waals surface area (Å²) in [5.74, 6) is -2.20. The van der Waals surface area contributed by atoms with Crippen LogP contribution in [0.4, 0.5) is 8.78 Å². The van der Waals surface area contributed by atoms with Gasteiger partial charge in [0, 0.05) is 35.6 Å². The van der Waals surface area contributed by atoms with Crippen molar-refractivity contribution in [2.24, 2.45) is 0 Å². The highest BCUT2D eigenvalue weighted by Crippen LogP contribution is 2.39. The Hall–Kier alpha value is -3.46. The largest absolute Gasteiger partial charge is 0.382 e. The molecule has 3 aromatic heterocycles. The van der Waals surface area contributed by atoms with Gasteiger partial charge in [0.15, 0.2) is 0 Å². The maximum absolute atomic E-state index is 14.6. The van der Waals surface area contributed by atoms with E-state index in [1.54, 1.807) is 42.3 Å². The van der Waals surface area contributed by atoms with Gasteiger partial charge < -0.3 is 5.11 Å². The molecule has 0 bridgehead atoms. The van der Waals surface area contributed by atoms with Gasteiger partial charge in [-0.3, -0.25) is 4.98 Å². The highest BCUT2D eigenvalue weighted by Gasteiger charge is 2.40. The lowest BCUT2D eigenvalue weighted by Gasteiger charge is -2.34. The van der Waals surface area contributed by atoms with E-state index in [0.717, 1.165) is 17.8 Å². The number of rotatable bonds is 6. The number of aromatic nitrogens is 6. The molecule has 4 rings (SSSR count). The van der Waals surface area contributed by atoms with Gasteiger partial charge in [0.1, 0.15) is 29.9 Å². The number of halogens is 2. The Morgan fingerprint density at radius 1 is 1.17 bits per heavy atom. The van der Waals surface area contributed by atoms with Crippen LogP contribution < -0.4 is 0 Å². The van der Waals surface area contributed by atoms with Crippen molar-refractivity contribution in [2.45, 2.75) is 25.0 Å². The van der Waals surface area contributed by atoms with Crippen LogP contribution in [0.5, 0.6) is 0 Å². The number of pyridine rings is 1. The van der Waals surface area contributed by atoms with Crippen LogP contribution in [0.2, 0.25) is 0 Å². The fourth-order valence-electron chi connectivity index (χ4n) is 3.31. The van der Waals surface area contributed by atoms with E-state index in [1.807, 2.05) is 6.07 Å². The number of hydrogen-bond donors (Lipinski definition) is 1. The van der Waals surface area contributed by atoms with Gasteiger partial charge in [-0.15, -0.1) is 0 Å². The molecule has 1 N–H and O–H groups in total. The molecule has 0 unspecified atom stereocenters. The Morgan fingerprint density at radius 3 is 2.66 bits per heavy atom. The second-order valence-electron chi connectivity index (χ2n) is 6.76. The first-order valence-electron chi connectivity index (χ1n) is 8.93. The summed E-state index contributed by atoms with van der Waals surface area (Å²) in [6.45, 7) is 1.65. The molecule has 0 aliphatic carbocycles. The van der Waals surface area contributed by atoms with Crippen LogP contribution in [0, 0.1) is 11.6 Å². The predicted molar refractivity (Wildman–Crippen MR) is 100 cm³/mol. The Morgan fingerprint density at radius 2 is 2.03 bits per heavy atom. The maximum Gasteiger partial charge on any atom is 0.137 e. The van der Waals surface area contributed by atoms with Crippen LogP contribution in [0.1, 0.15) is 24.1 Å². The fraction of sp³-hybridized carbons (Fsp3) is 0.200. The zero-order chi connectivity index (χ0) is 20.4.